The molecule has 2 unspecified atom stereocenters. The zero-order chi connectivity index (χ0) is 20.2. The molecule has 0 aromatic heterocycles. The van der Waals surface area contributed by atoms with Gasteiger partial charge in [0.15, 0.2) is 6.79 Å². The van der Waals surface area contributed by atoms with Crippen LogP contribution < -0.4 is 10.1 Å². The first-order valence-electron chi connectivity index (χ1n) is 9.19. The summed E-state index contributed by atoms with van der Waals surface area (Å²) in [4.78, 5) is 24.3. The van der Waals surface area contributed by atoms with Crippen molar-refractivity contribution >= 4 is 11.7 Å². The molecule has 5 heteroatoms. The smallest absolute Gasteiger partial charge is 0.217 e. The maximum absolute atomic E-state index is 12.7. The molecule has 5 nitrogen and oxygen atoms in total. The van der Waals surface area contributed by atoms with Gasteiger partial charge >= 0.3 is 0 Å². The minimum Gasteiger partial charge on any atom is -0.468 e. The quantitative estimate of drug-likeness (QED) is 0.421. The van der Waals surface area contributed by atoms with Gasteiger partial charge in [-0.3, -0.25) is 9.59 Å². The second kappa shape index (κ2) is 12.1. The number of nitrogens with one attached hydrogen (secondary N) is 1. The molecule has 0 saturated carbocycles. The minimum atomic E-state index is -0.266. The highest BCUT2D eigenvalue weighted by atomic mass is 16.7. The number of hydrogen-bond acceptors (Lipinski definition) is 4. The summed E-state index contributed by atoms with van der Waals surface area (Å²) in [5.74, 6) is 0.357. The SMILES string of the molecule is C=CC(CC(=C)CC)C(=O)CC(Cc1ccc(OCOC)cc1)NC(C)=O. The van der Waals surface area contributed by atoms with E-state index in [2.05, 4.69) is 18.5 Å². The van der Waals surface area contributed by atoms with Crippen LogP contribution in [0.15, 0.2) is 49.1 Å². The van der Waals surface area contributed by atoms with Crippen molar-refractivity contribution in [1.29, 1.82) is 0 Å². The van der Waals surface area contributed by atoms with Crippen molar-refractivity contribution in [2.24, 2.45) is 5.92 Å². The predicted molar refractivity (Wildman–Crippen MR) is 108 cm³/mol. The Morgan fingerprint density at radius 1 is 1.22 bits per heavy atom. The van der Waals surface area contributed by atoms with Gasteiger partial charge in [-0.05, 0) is 37.0 Å². The molecule has 1 aromatic carbocycles. The molecule has 0 saturated heterocycles. The van der Waals surface area contributed by atoms with Gasteiger partial charge in [-0.25, -0.2) is 0 Å². The average molecular weight is 373 g/mol. The molecule has 1 amide bonds. The Hall–Kier alpha value is -2.40. The van der Waals surface area contributed by atoms with Crippen LogP contribution in [0.4, 0.5) is 0 Å². The molecule has 0 spiro atoms. The third-order valence-electron chi connectivity index (χ3n) is 4.31. The first-order chi connectivity index (χ1) is 12.9. The lowest BCUT2D eigenvalue weighted by atomic mass is 9.90. The van der Waals surface area contributed by atoms with Crippen molar-refractivity contribution in [3.05, 3.63) is 54.6 Å². The van der Waals surface area contributed by atoms with Crippen LogP contribution in [-0.2, 0) is 20.7 Å². The van der Waals surface area contributed by atoms with Gasteiger partial charge in [0.2, 0.25) is 5.91 Å². The van der Waals surface area contributed by atoms with E-state index >= 15 is 0 Å². The molecule has 1 rings (SSSR count). The minimum absolute atomic E-state index is 0.0680. The van der Waals surface area contributed by atoms with E-state index in [1.54, 1.807) is 13.2 Å². The van der Waals surface area contributed by atoms with Crippen LogP contribution in [0.25, 0.3) is 0 Å². The van der Waals surface area contributed by atoms with Crippen LogP contribution in [0.2, 0.25) is 0 Å². The molecule has 1 N–H and O–H groups in total. The molecule has 0 aliphatic carbocycles. The van der Waals surface area contributed by atoms with E-state index in [1.165, 1.54) is 6.92 Å². The number of carbonyl (C=O) groups is 2. The summed E-state index contributed by atoms with van der Waals surface area (Å²) >= 11 is 0. The van der Waals surface area contributed by atoms with E-state index in [9.17, 15) is 9.59 Å². The summed E-state index contributed by atoms with van der Waals surface area (Å²) in [6.07, 6.45) is 3.95. The van der Waals surface area contributed by atoms with Crippen LogP contribution in [0, 0.1) is 5.92 Å². The Labute approximate surface area is 162 Å². The van der Waals surface area contributed by atoms with E-state index in [4.69, 9.17) is 9.47 Å². The number of hydrogen-bond donors (Lipinski definition) is 1. The van der Waals surface area contributed by atoms with Crippen LogP contribution in [0.3, 0.4) is 0 Å². The summed E-state index contributed by atoms with van der Waals surface area (Å²) < 4.78 is 10.2. The molecule has 0 radical (unpaired) electrons. The summed E-state index contributed by atoms with van der Waals surface area (Å²) in [5.41, 5.74) is 2.04. The van der Waals surface area contributed by atoms with Crippen LogP contribution in [-0.4, -0.2) is 31.6 Å². The number of Topliss-reactive ketones (excluding diaryl/α,β-unsaturated/α-hetero) is 1. The van der Waals surface area contributed by atoms with Crippen molar-refractivity contribution < 1.29 is 19.1 Å². The molecule has 0 aliphatic rings. The van der Waals surface area contributed by atoms with Gasteiger partial charge in [0, 0.05) is 32.4 Å². The van der Waals surface area contributed by atoms with Crippen molar-refractivity contribution in [2.75, 3.05) is 13.9 Å². The first-order valence-corrected chi connectivity index (χ1v) is 9.19. The number of methoxy groups -OCH3 is 1. The van der Waals surface area contributed by atoms with E-state index < -0.39 is 0 Å². The van der Waals surface area contributed by atoms with Gasteiger partial charge in [0.1, 0.15) is 11.5 Å². The predicted octanol–water partition coefficient (Wildman–Crippen LogP) is 3.83. The van der Waals surface area contributed by atoms with Crippen LogP contribution >= 0.6 is 0 Å². The van der Waals surface area contributed by atoms with E-state index in [0.29, 0.717) is 18.6 Å². The van der Waals surface area contributed by atoms with Crippen LogP contribution in [0.5, 0.6) is 5.75 Å². The van der Waals surface area contributed by atoms with E-state index in [0.717, 1.165) is 17.6 Å². The summed E-state index contributed by atoms with van der Waals surface area (Å²) in [5, 5.41) is 2.89. The van der Waals surface area contributed by atoms with Gasteiger partial charge in [-0.2, -0.15) is 0 Å². The highest BCUT2D eigenvalue weighted by Crippen LogP contribution is 2.19. The molecular formula is C22H31NO4. The Morgan fingerprint density at radius 3 is 2.41 bits per heavy atom. The highest BCUT2D eigenvalue weighted by molar-refractivity contribution is 5.84. The molecule has 148 valence electrons. The first kappa shape index (κ1) is 22.6. The van der Waals surface area contributed by atoms with Gasteiger partial charge < -0.3 is 14.8 Å². The molecule has 0 fully saturated rings. The number of ketones is 1. The third kappa shape index (κ3) is 8.69. The van der Waals surface area contributed by atoms with Gasteiger partial charge in [0.05, 0.1) is 0 Å². The summed E-state index contributed by atoms with van der Waals surface area (Å²) in [7, 11) is 1.57. The zero-order valence-electron chi connectivity index (χ0n) is 16.6. The Bertz CT molecular complexity index is 636. The van der Waals surface area contributed by atoms with Gasteiger partial charge in [0.25, 0.3) is 0 Å². The van der Waals surface area contributed by atoms with Crippen molar-refractivity contribution in [1.82, 2.24) is 5.32 Å². The fourth-order valence-corrected chi connectivity index (χ4v) is 2.77. The standard InChI is InChI=1S/C22H31NO4/c1-6-16(3)12-19(7-2)22(25)14-20(23-17(4)24)13-18-8-10-21(11-9-18)27-15-26-5/h7-11,19-20H,2-3,6,12-15H2,1,4-5H3,(H,23,24). The number of amides is 1. The van der Waals surface area contributed by atoms with Gasteiger partial charge in [-0.15, -0.1) is 6.58 Å². The summed E-state index contributed by atoms with van der Waals surface area (Å²) in [6, 6.07) is 7.28. The molecular weight excluding hydrogens is 342 g/mol. The second-order valence-electron chi connectivity index (χ2n) is 6.62. The third-order valence-corrected chi connectivity index (χ3v) is 4.31. The lowest BCUT2D eigenvalue weighted by Crippen LogP contribution is -2.37. The fraction of sp³-hybridized carbons (Fsp3) is 0.455. The summed E-state index contributed by atoms with van der Waals surface area (Å²) in [6.45, 7) is 11.4. The second-order valence-corrected chi connectivity index (χ2v) is 6.62. The van der Waals surface area contributed by atoms with Crippen LogP contribution in [0.1, 0.15) is 38.7 Å². The number of benzene rings is 1. The van der Waals surface area contributed by atoms with Gasteiger partial charge in [-0.1, -0.05) is 37.3 Å². The van der Waals surface area contributed by atoms with Crippen molar-refractivity contribution in [2.45, 2.75) is 45.6 Å². The average Bonchev–Trinajstić information content (AvgIpc) is 2.64. The molecule has 1 aromatic rings. The maximum Gasteiger partial charge on any atom is 0.217 e. The molecule has 0 heterocycles. The number of allylic oxidation sites excluding steroid dienone is 2. The lowest BCUT2D eigenvalue weighted by Gasteiger charge is -2.20. The fourth-order valence-electron chi connectivity index (χ4n) is 2.77. The van der Waals surface area contributed by atoms with E-state index in [1.807, 2.05) is 31.2 Å². The Kier molecular flexibility index (Phi) is 10.1. The van der Waals surface area contributed by atoms with E-state index in [-0.39, 0.29) is 36.9 Å². The molecule has 0 aliphatic heterocycles. The largest absolute Gasteiger partial charge is 0.468 e. The zero-order valence-corrected chi connectivity index (χ0v) is 16.6. The molecule has 27 heavy (non-hydrogen) atoms. The van der Waals surface area contributed by atoms with Crippen molar-refractivity contribution in [3.63, 3.8) is 0 Å². The molecule has 0 bridgehead atoms. The number of rotatable bonds is 13. The molecule has 2 atom stereocenters. The highest BCUT2D eigenvalue weighted by Gasteiger charge is 2.21. The topological polar surface area (TPSA) is 64.6 Å². The number of carbonyl (C=O) groups excluding carboxylic acids is 2. The maximum atomic E-state index is 12.7. The number of ether oxygens (including phenoxy) is 2. The lowest BCUT2D eigenvalue weighted by molar-refractivity contribution is -0.123. The Morgan fingerprint density at radius 2 is 1.89 bits per heavy atom. The monoisotopic (exact) mass is 373 g/mol. The normalized spacial score (nSPS) is 12.7. The Balaban J connectivity index is 2.77. The van der Waals surface area contributed by atoms with Crippen molar-refractivity contribution in [3.8, 4) is 5.75 Å².